The molecule has 0 aromatic rings. The molecule has 5 heteroatoms. The summed E-state index contributed by atoms with van der Waals surface area (Å²) in [5.41, 5.74) is 5.73. The molecule has 1 rings (SSSR count). The van der Waals surface area contributed by atoms with Crippen molar-refractivity contribution in [1.29, 1.82) is 0 Å². The summed E-state index contributed by atoms with van der Waals surface area (Å²) in [7, 11) is 0. The Morgan fingerprint density at radius 3 is 2.93 bits per heavy atom. The molecular weight excluding hydrogens is 196 g/mol. The highest BCUT2D eigenvalue weighted by molar-refractivity contribution is 5.80. The number of aliphatic hydroxyl groups excluding tert-OH is 1. The maximum Gasteiger partial charge on any atom is 0.227 e. The highest BCUT2D eigenvalue weighted by Gasteiger charge is 2.31. The molecule has 3 atom stereocenters. The van der Waals surface area contributed by atoms with E-state index >= 15 is 0 Å². The summed E-state index contributed by atoms with van der Waals surface area (Å²) in [6.07, 6.45) is 1.49. The maximum atomic E-state index is 11.7. The van der Waals surface area contributed by atoms with E-state index in [0.717, 1.165) is 6.42 Å². The van der Waals surface area contributed by atoms with Gasteiger partial charge >= 0.3 is 0 Å². The quantitative estimate of drug-likeness (QED) is 0.564. The molecule has 0 bridgehead atoms. The van der Waals surface area contributed by atoms with E-state index in [1.807, 2.05) is 6.92 Å². The fraction of sp³-hybridized carbons (Fsp3) is 0.900. The van der Waals surface area contributed by atoms with Crippen molar-refractivity contribution in [2.45, 2.75) is 31.8 Å². The topological polar surface area (TPSA) is 84.6 Å². The van der Waals surface area contributed by atoms with Gasteiger partial charge in [-0.2, -0.15) is 0 Å². The van der Waals surface area contributed by atoms with Gasteiger partial charge in [0.25, 0.3) is 0 Å². The Hall–Kier alpha value is -0.650. The number of nitrogens with two attached hydrogens (primary N) is 1. The van der Waals surface area contributed by atoms with E-state index in [1.54, 1.807) is 0 Å². The summed E-state index contributed by atoms with van der Waals surface area (Å²) < 4.78 is 5.13. The Bertz CT molecular complexity index is 211. The smallest absolute Gasteiger partial charge is 0.227 e. The highest BCUT2D eigenvalue weighted by Crippen LogP contribution is 2.12. The van der Waals surface area contributed by atoms with Gasteiger partial charge in [-0.3, -0.25) is 4.79 Å². The number of carbonyl (C=O) groups is 1. The van der Waals surface area contributed by atoms with Crippen LogP contribution in [0.5, 0.6) is 0 Å². The first-order chi connectivity index (χ1) is 7.15. The number of aliphatic hydroxyl groups is 1. The molecule has 3 unspecified atom stereocenters. The average Bonchev–Trinajstić information content (AvgIpc) is 2.61. The minimum Gasteiger partial charge on any atom is -0.396 e. The molecule has 1 heterocycles. The first-order valence-electron chi connectivity index (χ1n) is 5.39. The zero-order valence-corrected chi connectivity index (χ0v) is 9.11. The summed E-state index contributed by atoms with van der Waals surface area (Å²) in [6, 6.07) is -0.104. The lowest BCUT2D eigenvalue weighted by Gasteiger charge is -2.18. The number of rotatable bonds is 5. The number of ether oxygens (including phenoxy) is 1. The van der Waals surface area contributed by atoms with E-state index in [-0.39, 0.29) is 30.5 Å². The summed E-state index contributed by atoms with van der Waals surface area (Å²) in [5.74, 6) is -0.257. The number of hydrogen-bond donors (Lipinski definition) is 3. The van der Waals surface area contributed by atoms with Crippen LogP contribution in [0.1, 0.15) is 19.8 Å². The Morgan fingerprint density at radius 2 is 2.40 bits per heavy atom. The Morgan fingerprint density at radius 1 is 1.67 bits per heavy atom. The average molecular weight is 216 g/mol. The first-order valence-corrected chi connectivity index (χ1v) is 5.39. The van der Waals surface area contributed by atoms with Crippen LogP contribution >= 0.6 is 0 Å². The van der Waals surface area contributed by atoms with Gasteiger partial charge in [-0.25, -0.2) is 0 Å². The van der Waals surface area contributed by atoms with E-state index in [9.17, 15) is 4.79 Å². The van der Waals surface area contributed by atoms with Gasteiger partial charge in [0.1, 0.15) is 0 Å². The molecule has 1 aliphatic heterocycles. The molecule has 0 radical (unpaired) electrons. The molecule has 0 saturated carbocycles. The molecule has 5 nitrogen and oxygen atoms in total. The number of nitrogens with one attached hydrogen (secondary N) is 1. The van der Waals surface area contributed by atoms with Gasteiger partial charge in [0.05, 0.1) is 19.1 Å². The van der Waals surface area contributed by atoms with Crippen LogP contribution in [0.15, 0.2) is 0 Å². The second-order valence-electron chi connectivity index (χ2n) is 4.08. The number of hydrogen-bond acceptors (Lipinski definition) is 4. The van der Waals surface area contributed by atoms with Crippen molar-refractivity contribution in [3.63, 3.8) is 0 Å². The lowest BCUT2D eigenvalue weighted by atomic mass is 10.0. The third kappa shape index (κ3) is 3.77. The van der Waals surface area contributed by atoms with Crippen LogP contribution < -0.4 is 11.1 Å². The summed E-state index contributed by atoms with van der Waals surface area (Å²) in [6.45, 7) is 2.96. The van der Waals surface area contributed by atoms with Crippen LogP contribution in [-0.4, -0.2) is 42.9 Å². The molecule has 0 aromatic heterocycles. The Labute approximate surface area is 90.0 Å². The predicted octanol–water partition coefficient (Wildman–Crippen LogP) is -0.763. The molecule has 88 valence electrons. The molecule has 0 aliphatic carbocycles. The second kappa shape index (κ2) is 6.05. The fourth-order valence-corrected chi connectivity index (χ4v) is 1.66. The van der Waals surface area contributed by atoms with Gasteiger partial charge in [-0.15, -0.1) is 0 Å². The molecular formula is C10H20N2O3. The van der Waals surface area contributed by atoms with Crippen LogP contribution in [0.2, 0.25) is 0 Å². The Balaban J connectivity index is 2.28. The highest BCUT2D eigenvalue weighted by atomic mass is 16.5. The van der Waals surface area contributed by atoms with Crippen LogP contribution in [-0.2, 0) is 9.53 Å². The predicted molar refractivity (Wildman–Crippen MR) is 56.2 cm³/mol. The van der Waals surface area contributed by atoms with Crippen molar-refractivity contribution in [1.82, 2.24) is 5.32 Å². The van der Waals surface area contributed by atoms with Crippen molar-refractivity contribution in [3.8, 4) is 0 Å². The van der Waals surface area contributed by atoms with Crippen LogP contribution in [0.3, 0.4) is 0 Å². The van der Waals surface area contributed by atoms with Gasteiger partial charge in [0.15, 0.2) is 0 Å². The third-order valence-electron chi connectivity index (χ3n) is 2.65. The van der Waals surface area contributed by atoms with E-state index < -0.39 is 0 Å². The summed E-state index contributed by atoms with van der Waals surface area (Å²) in [4.78, 5) is 11.7. The molecule has 1 fully saturated rings. The summed E-state index contributed by atoms with van der Waals surface area (Å²) >= 11 is 0. The molecule has 4 N–H and O–H groups in total. The lowest BCUT2D eigenvalue weighted by Crippen LogP contribution is -2.44. The van der Waals surface area contributed by atoms with E-state index in [2.05, 4.69) is 5.32 Å². The number of carbonyl (C=O) groups excluding carboxylic acids is 1. The fourth-order valence-electron chi connectivity index (χ4n) is 1.66. The van der Waals surface area contributed by atoms with Crippen molar-refractivity contribution in [3.05, 3.63) is 0 Å². The van der Waals surface area contributed by atoms with Crippen molar-refractivity contribution < 1.29 is 14.6 Å². The zero-order chi connectivity index (χ0) is 11.3. The molecule has 15 heavy (non-hydrogen) atoms. The molecule has 0 aromatic carbocycles. The number of amides is 1. The van der Waals surface area contributed by atoms with E-state index in [4.69, 9.17) is 15.6 Å². The molecule has 1 amide bonds. The van der Waals surface area contributed by atoms with E-state index in [1.165, 1.54) is 0 Å². The van der Waals surface area contributed by atoms with E-state index in [0.29, 0.717) is 19.6 Å². The third-order valence-corrected chi connectivity index (χ3v) is 2.65. The standard InChI is InChI=1S/C10H20N2O3/c1-7(3-2-4-13)12-10(14)8-5-15-6-9(8)11/h7-9,13H,2-6,11H2,1H3,(H,12,14). The largest absolute Gasteiger partial charge is 0.396 e. The molecule has 1 saturated heterocycles. The lowest BCUT2D eigenvalue weighted by molar-refractivity contribution is -0.125. The summed E-state index contributed by atoms with van der Waals surface area (Å²) in [5, 5.41) is 11.5. The SMILES string of the molecule is CC(CCCO)NC(=O)C1COCC1N. The zero-order valence-electron chi connectivity index (χ0n) is 9.11. The van der Waals surface area contributed by atoms with Crippen LogP contribution in [0.25, 0.3) is 0 Å². The van der Waals surface area contributed by atoms with Crippen LogP contribution in [0, 0.1) is 5.92 Å². The van der Waals surface area contributed by atoms with Gasteiger partial charge in [0, 0.05) is 18.7 Å². The van der Waals surface area contributed by atoms with Gasteiger partial charge in [-0.05, 0) is 19.8 Å². The van der Waals surface area contributed by atoms with Gasteiger partial charge in [-0.1, -0.05) is 0 Å². The minimum absolute atomic E-state index is 0.0366. The first kappa shape index (κ1) is 12.4. The molecule has 0 spiro atoms. The second-order valence-corrected chi connectivity index (χ2v) is 4.08. The van der Waals surface area contributed by atoms with Crippen LogP contribution in [0.4, 0.5) is 0 Å². The molecule has 1 aliphatic rings. The van der Waals surface area contributed by atoms with Gasteiger partial charge in [0.2, 0.25) is 5.91 Å². The monoisotopic (exact) mass is 216 g/mol. The van der Waals surface area contributed by atoms with Crippen molar-refractivity contribution >= 4 is 5.91 Å². The minimum atomic E-state index is -0.221. The Kier molecular flexibility index (Phi) is 5.01. The van der Waals surface area contributed by atoms with Gasteiger partial charge < -0.3 is 20.9 Å². The normalized spacial score (nSPS) is 27.7. The van der Waals surface area contributed by atoms with Crippen molar-refractivity contribution in [2.24, 2.45) is 11.7 Å². The van der Waals surface area contributed by atoms with Crippen molar-refractivity contribution in [2.75, 3.05) is 19.8 Å². The maximum absolute atomic E-state index is 11.7.